The molecule has 0 aromatic carbocycles. The molecule has 19 heavy (non-hydrogen) atoms. The standard InChI is InChI=1S/C13H22N2O4/c1-3-18-13(17)10-8-14-5-6-15(10)12(16)11-9(2)4-7-19-11/h9-11,14H,3-8H2,1-2H3. The van der Waals surface area contributed by atoms with Gasteiger partial charge < -0.3 is 19.7 Å². The first-order valence-electron chi connectivity index (χ1n) is 6.94. The fourth-order valence-corrected chi connectivity index (χ4v) is 2.59. The zero-order valence-electron chi connectivity index (χ0n) is 11.6. The predicted octanol–water partition coefficient (Wildman–Crippen LogP) is -0.225. The van der Waals surface area contributed by atoms with Gasteiger partial charge in [-0.25, -0.2) is 4.79 Å². The van der Waals surface area contributed by atoms with Crippen LogP contribution in [0.5, 0.6) is 0 Å². The van der Waals surface area contributed by atoms with Crippen molar-refractivity contribution in [3.8, 4) is 0 Å². The molecule has 0 aromatic rings. The second kappa shape index (κ2) is 6.34. The Morgan fingerprint density at radius 2 is 2.26 bits per heavy atom. The van der Waals surface area contributed by atoms with Gasteiger partial charge >= 0.3 is 5.97 Å². The van der Waals surface area contributed by atoms with E-state index in [1.165, 1.54) is 0 Å². The highest BCUT2D eigenvalue weighted by atomic mass is 16.5. The molecule has 2 rings (SSSR count). The number of carbonyl (C=O) groups excluding carboxylic acids is 2. The number of nitrogens with one attached hydrogen (secondary N) is 1. The molecular formula is C13H22N2O4. The van der Waals surface area contributed by atoms with Crippen molar-refractivity contribution in [3.05, 3.63) is 0 Å². The molecule has 0 radical (unpaired) electrons. The fraction of sp³-hybridized carbons (Fsp3) is 0.846. The van der Waals surface area contributed by atoms with E-state index in [1.807, 2.05) is 6.92 Å². The van der Waals surface area contributed by atoms with Crippen molar-refractivity contribution in [2.45, 2.75) is 32.4 Å². The summed E-state index contributed by atoms with van der Waals surface area (Å²) in [5.74, 6) is -0.205. The Morgan fingerprint density at radius 1 is 1.47 bits per heavy atom. The van der Waals surface area contributed by atoms with Gasteiger partial charge in [0.2, 0.25) is 0 Å². The molecule has 0 bridgehead atoms. The minimum atomic E-state index is -0.530. The van der Waals surface area contributed by atoms with Gasteiger partial charge in [-0.05, 0) is 19.3 Å². The lowest BCUT2D eigenvalue weighted by Gasteiger charge is -2.36. The SMILES string of the molecule is CCOC(=O)C1CNCCN1C(=O)C1OCCC1C. The number of esters is 1. The number of hydrogen-bond donors (Lipinski definition) is 1. The van der Waals surface area contributed by atoms with Crippen molar-refractivity contribution in [1.82, 2.24) is 10.2 Å². The first kappa shape index (κ1) is 14.3. The highest BCUT2D eigenvalue weighted by molar-refractivity contribution is 5.87. The third-order valence-electron chi connectivity index (χ3n) is 3.72. The Bertz CT molecular complexity index is 348. The number of amides is 1. The summed E-state index contributed by atoms with van der Waals surface area (Å²) in [5.41, 5.74) is 0. The summed E-state index contributed by atoms with van der Waals surface area (Å²) in [6.45, 7) is 6.39. The monoisotopic (exact) mass is 270 g/mol. The summed E-state index contributed by atoms with van der Waals surface area (Å²) < 4.78 is 10.5. The van der Waals surface area contributed by atoms with Gasteiger partial charge in [-0.2, -0.15) is 0 Å². The molecule has 6 heteroatoms. The van der Waals surface area contributed by atoms with E-state index in [9.17, 15) is 9.59 Å². The molecule has 0 spiro atoms. The fourth-order valence-electron chi connectivity index (χ4n) is 2.59. The molecule has 108 valence electrons. The summed E-state index contributed by atoms with van der Waals surface area (Å²) in [6.07, 6.45) is 0.488. The average molecular weight is 270 g/mol. The molecule has 1 amide bonds. The molecule has 3 atom stereocenters. The van der Waals surface area contributed by atoms with Gasteiger partial charge in [0.05, 0.1) is 6.61 Å². The highest BCUT2D eigenvalue weighted by Gasteiger charge is 2.40. The summed E-state index contributed by atoms with van der Waals surface area (Å²) in [4.78, 5) is 26.0. The van der Waals surface area contributed by atoms with Crippen molar-refractivity contribution in [3.63, 3.8) is 0 Å². The van der Waals surface area contributed by atoms with Gasteiger partial charge in [0.25, 0.3) is 5.91 Å². The Kier molecular flexibility index (Phi) is 4.76. The van der Waals surface area contributed by atoms with Crippen LogP contribution >= 0.6 is 0 Å². The minimum Gasteiger partial charge on any atom is -0.464 e. The van der Waals surface area contributed by atoms with Gasteiger partial charge in [-0.15, -0.1) is 0 Å². The van der Waals surface area contributed by atoms with E-state index in [-0.39, 0.29) is 17.8 Å². The van der Waals surface area contributed by atoms with E-state index in [2.05, 4.69) is 5.32 Å². The van der Waals surface area contributed by atoms with Crippen molar-refractivity contribution in [2.75, 3.05) is 32.8 Å². The van der Waals surface area contributed by atoms with Crippen LogP contribution in [0, 0.1) is 5.92 Å². The van der Waals surface area contributed by atoms with Gasteiger partial charge in [-0.1, -0.05) is 6.92 Å². The van der Waals surface area contributed by atoms with E-state index in [0.29, 0.717) is 32.8 Å². The smallest absolute Gasteiger partial charge is 0.330 e. The van der Waals surface area contributed by atoms with Crippen LogP contribution in [0.2, 0.25) is 0 Å². The maximum atomic E-state index is 12.5. The van der Waals surface area contributed by atoms with E-state index in [1.54, 1.807) is 11.8 Å². The van der Waals surface area contributed by atoms with Gasteiger partial charge in [-0.3, -0.25) is 4.79 Å². The summed E-state index contributed by atoms with van der Waals surface area (Å²) in [6, 6.07) is -0.530. The Balaban J connectivity index is 2.06. The van der Waals surface area contributed by atoms with E-state index >= 15 is 0 Å². The molecule has 3 unspecified atom stereocenters. The number of piperazine rings is 1. The van der Waals surface area contributed by atoms with Gasteiger partial charge in [0.1, 0.15) is 12.1 Å². The maximum Gasteiger partial charge on any atom is 0.330 e. The quantitative estimate of drug-likeness (QED) is 0.718. The number of rotatable bonds is 3. The van der Waals surface area contributed by atoms with Gasteiger partial charge in [0, 0.05) is 26.2 Å². The number of carbonyl (C=O) groups is 2. The van der Waals surface area contributed by atoms with Crippen LogP contribution in [0.4, 0.5) is 0 Å². The summed E-state index contributed by atoms with van der Waals surface area (Å²) in [7, 11) is 0. The van der Waals surface area contributed by atoms with Crippen LogP contribution < -0.4 is 5.32 Å². The van der Waals surface area contributed by atoms with Crippen molar-refractivity contribution in [1.29, 1.82) is 0 Å². The number of nitrogens with zero attached hydrogens (tertiary/aromatic N) is 1. The topological polar surface area (TPSA) is 67.9 Å². The molecular weight excluding hydrogens is 248 g/mol. The third kappa shape index (κ3) is 3.06. The molecule has 0 saturated carbocycles. The molecule has 0 aliphatic carbocycles. The van der Waals surface area contributed by atoms with Crippen LogP contribution in [0.3, 0.4) is 0 Å². The molecule has 1 N–H and O–H groups in total. The summed E-state index contributed by atoms with van der Waals surface area (Å²) in [5, 5.41) is 3.13. The lowest BCUT2D eigenvalue weighted by Crippen LogP contribution is -2.59. The zero-order valence-corrected chi connectivity index (χ0v) is 11.6. The Hall–Kier alpha value is -1.14. The molecule has 2 fully saturated rings. The second-order valence-corrected chi connectivity index (χ2v) is 5.06. The molecule has 2 heterocycles. The molecule has 0 aromatic heterocycles. The molecule has 6 nitrogen and oxygen atoms in total. The second-order valence-electron chi connectivity index (χ2n) is 5.06. The Morgan fingerprint density at radius 3 is 2.89 bits per heavy atom. The Labute approximate surface area is 113 Å². The number of ether oxygens (including phenoxy) is 2. The first-order valence-corrected chi connectivity index (χ1v) is 6.94. The first-order chi connectivity index (χ1) is 9.15. The van der Waals surface area contributed by atoms with Crippen LogP contribution in [0.15, 0.2) is 0 Å². The predicted molar refractivity (Wildman–Crippen MR) is 68.5 cm³/mol. The molecule has 2 aliphatic heterocycles. The lowest BCUT2D eigenvalue weighted by atomic mass is 10.0. The normalized spacial score (nSPS) is 31.3. The van der Waals surface area contributed by atoms with E-state index in [0.717, 1.165) is 6.42 Å². The van der Waals surface area contributed by atoms with Crippen LogP contribution in [-0.2, 0) is 19.1 Å². The highest BCUT2D eigenvalue weighted by Crippen LogP contribution is 2.23. The van der Waals surface area contributed by atoms with Gasteiger partial charge in [0.15, 0.2) is 0 Å². The zero-order chi connectivity index (χ0) is 13.8. The van der Waals surface area contributed by atoms with E-state index < -0.39 is 12.1 Å². The van der Waals surface area contributed by atoms with Crippen LogP contribution in [0.25, 0.3) is 0 Å². The summed E-state index contributed by atoms with van der Waals surface area (Å²) >= 11 is 0. The van der Waals surface area contributed by atoms with Crippen molar-refractivity contribution >= 4 is 11.9 Å². The van der Waals surface area contributed by atoms with Crippen LogP contribution in [0.1, 0.15) is 20.3 Å². The average Bonchev–Trinajstić information content (AvgIpc) is 2.84. The molecule has 2 saturated heterocycles. The number of hydrogen-bond acceptors (Lipinski definition) is 5. The molecule has 2 aliphatic rings. The van der Waals surface area contributed by atoms with E-state index in [4.69, 9.17) is 9.47 Å². The van der Waals surface area contributed by atoms with Crippen LogP contribution in [-0.4, -0.2) is 61.8 Å². The third-order valence-corrected chi connectivity index (χ3v) is 3.72. The largest absolute Gasteiger partial charge is 0.464 e. The van der Waals surface area contributed by atoms with Crippen molar-refractivity contribution < 1.29 is 19.1 Å². The minimum absolute atomic E-state index is 0.0791. The van der Waals surface area contributed by atoms with Crippen molar-refractivity contribution in [2.24, 2.45) is 5.92 Å². The maximum absolute atomic E-state index is 12.5. The lowest BCUT2D eigenvalue weighted by molar-refractivity contribution is -0.160.